The Kier molecular flexibility index (Phi) is 2.17. The Morgan fingerprint density at radius 3 is 2.80 bits per heavy atom. The molecule has 1 heterocycles. The van der Waals surface area contributed by atoms with Gasteiger partial charge in [-0.25, -0.2) is 5.53 Å². The van der Waals surface area contributed by atoms with Gasteiger partial charge in [0, 0.05) is 4.88 Å². The first-order valence-electron chi connectivity index (χ1n) is 3.15. The van der Waals surface area contributed by atoms with Crippen molar-refractivity contribution in [2.75, 3.05) is 0 Å². The van der Waals surface area contributed by atoms with E-state index in [-0.39, 0.29) is 6.04 Å². The highest BCUT2D eigenvalue weighted by Gasteiger charge is 2.03. The summed E-state index contributed by atoms with van der Waals surface area (Å²) < 4.78 is 0. The number of nitrogens with one attached hydrogen (secondary N) is 1. The zero-order chi connectivity index (χ0) is 7.56. The predicted molar refractivity (Wildman–Crippen MR) is 42.6 cm³/mol. The number of thiophene rings is 1. The quantitative estimate of drug-likeness (QED) is 0.635. The van der Waals surface area contributed by atoms with E-state index < -0.39 is 0 Å². The molecule has 0 aliphatic rings. The number of hydrogen-bond acceptors (Lipinski definition) is 3. The van der Waals surface area contributed by atoms with Crippen molar-refractivity contribution in [3.63, 3.8) is 0 Å². The topological polar surface area (TPSA) is 36.2 Å². The molecule has 1 rings (SSSR count). The van der Waals surface area contributed by atoms with Gasteiger partial charge < -0.3 is 0 Å². The minimum absolute atomic E-state index is 0.0405. The Balaban J connectivity index is 2.84. The van der Waals surface area contributed by atoms with E-state index in [1.807, 2.05) is 6.92 Å². The molecule has 1 N–H and O–H groups in total. The fraction of sp³-hybridized carbons (Fsp3) is 0.429. The van der Waals surface area contributed by atoms with Crippen molar-refractivity contribution in [2.45, 2.75) is 19.9 Å². The van der Waals surface area contributed by atoms with Crippen LogP contribution in [0.15, 0.2) is 16.6 Å². The van der Waals surface area contributed by atoms with Gasteiger partial charge in [0.25, 0.3) is 0 Å². The second-order valence-electron chi connectivity index (χ2n) is 2.33. The van der Waals surface area contributed by atoms with Crippen LogP contribution in [0.5, 0.6) is 0 Å². The maximum atomic E-state index is 6.79. The van der Waals surface area contributed by atoms with Gasteiger partial charge >= 0.3 is 0 Å². The van der Waals surface area contributed by atoms with Crippen molar-refractivity contribution in [3.05, 3.63) is 21.9 Å². The van der Waals surface area contributed by atoms with E-state index in [0.29, 0.717) is 0 Å². The third kappa shape index (κ3) is 1.42. The Bertz CT molecular complexity index is 229. The molecule has 0 saturated carbocycles. The standard InChI is InChI=1S/C7H10N2S/c1-5-3-7(10-4-5)6(2)9-8/h3-4,6,8H,1-2H3. The van der Waals surface area contributed by atoms with Gasteiger partial charge in [-0.15, -0.1) is 11.3 Å². The smallest absolute Gasteiger partial charge is 0.102 e. The van der Waals surface area contributed by atoms with E-state index in [2.05, 4.69) is 23.5 Å². The Morgan fingerprint density at radius 1 is 1.70 bits per heavy atom. The fourth-order valence-electron chi connectivity index (χ4n) is 0.736. The average molecular weight is 154 g/mol. The van der Waals surface area contributed by atoms with Gasteiger partial charge in [0.2, 0.25) is 0 Å². The van der Waals surface area contributed by atoms with Crippen LogP contribution in [0.1, 0.15) is 23.4 Å². The summed E-state index contributed by atoms with van der Waals surface area (Å²) in [5, 5.41) is 5.51. The summed E-state index contributed by atoms with van der Waals surface area (Å²) in [4.78, 5) is 1.17. The van der Waals surface area contributed by atoms with Crippen LogP contribution >= 0.6 is 11.3 Å². The van der Waals surface area contributed by atoms with E-state index in [1.54, 1.807) is 11.3 Å². The van der Waals surface area contributed by atoms with Gasteiger partial charge in [0.05, 0.1) is 0 Å². The minimum atomic E-state index is 0.0405. The lowest BCUT2D eigenvalue weighted by molar-refractivity contribution is 0.747. The van der Waals surface area contributed by atoms with Gasteiger partial charge in [0.1, 0.15) is 6.04 Å². The van der Waals surface area contributed by atoms with Crippen molar-refractivity contribution in [1.29, 1.82) is 5.53 Å². The molecular formula is C7H10N2S. The van der Waals surface area contributed by atoms with Gasteiger partial charge in [-0.3, -0.25) is 0 Å². The number of hydrogen-bond donors (Lipinski definition) is 1. The maximum absolute atomic E-state index is 6.79. The molecule has 0 bridgehead atoms. The third-order valence-corrected chi connectivity index (χ3v) is 2.58. The van der Waals surface area contributed by atoms with Crippen molar-refractivity contribution >= 4 is 11.3 Å². The summed E-state index contributed by atoms with van der Waals surface area (Å²) >= 11 is 1.67. The molecule has 1 unspecified atom stereocenters. The lowest BCUT2D eigenvalue weighted by Gasteiger charge is -1.96. The summed E-state index contributed by atoms with van der Waals surface area (Å²) in [6, 6.07) is 2.12. The molecular weight excluding hydrogens is 144 g/mol. The van der Waals surface area contributed by atoms with Crippen LogP contribution in [0.4, 0.5) is 0 Å². The maximum Gasteiger partial charge on any atom is 0.102 e. The van der Waals surface area contributed by atoms with Crippen LogP contribution in [0.2, 0.25) is 0 Å². The Morgan fingerprint density at radius 2 is 2.40 bits per heavy atom. The van der Waals surface area contributed by atoms with E-state index >= 15 is 0 Å². The third-order valence-electron chi connectivity index (χ3n) is 1.36. The molecule has 2 nitrogen and oxygen atoms in total. The first-order valence-corrected chi connectivity index (χ1v) is 4.03. The van der Waals surface area contributed by atoms with E-state index in [9.17, 15) is 0 Å². The molecule has 54 valence electrons. The molecule has 0 fully saturated rings. The van der Waals surface area contributed by atoms with Crippen molar-refractivity contribution in [1.82, 2.24) is 0 Å². The summed E-state index contributed by atoms with van der Waals surface area (Å²) in [5.74, 6) is 0. The predicted octanol–water partition coefficient (Wildman–Crippen LogP) is 3.15. The first-order chi connectivity index (χ1) is 4.74. The van der Waals surface area contributed by atoms with E-state index in [1.165, 1.54) is 10.4 Å². The largest absolute Gasteiger partial charge is 0.209 e. The Labute approximate surface area is 64.4 Å². The zero-order valence-electron chi connectivity index (χ0n) is 6.09. The molecule has 0 aliphatic heterocycles. The Hall–Kier alpha value is -0.700. The number of aryl methyl sites for hydroxylation is 1. The summed E-state index contributed by atoms with van der Waals surface area (Å²) in [6.45, 7) is 3.98. The molecule has 0 saturated heterocycles. The van der Waals surface area contributed by atoms with E-state index in [0.717, 1.165) is 0 Å². The molecule has 0 spiro atoms. The molecule has 3 heteroatoms. The molecule has 0 amide bonds. The van der Waals surface area contributed by atoms with Gasteiger partial charge in [-0.05, 0) is 30.9 Å². The molecule has 0 aliphatic carbocycles. The SMILES string of the molecule is Cc1csc(C(C)N=N)c1. The highest BCUT2D eigenvalue weighted by atomic mass is 32.1. The summed E-state index contributed by atoms with van der Waals surface area (Å²) in [7, 11) is 0. The van der Waals surface area contributed by atoms with Crippen LogP contribution in [0.25, 0.3) is 0 Å². The second kappa shape index (κ2) is 2.92. The van der Waals surface area contributed by atoms with E-state index in [4.69, 9.17) is 5.53 Å². The van der Waals surface area contributed by atoms with Crippen molar-refractivity contribution in [2.24, 2.45) is 5.11 Å². The number of rotatable bonds is 2. The monoisotopic (exact) mass is 154 g/mol. The molecule has 1 aromatic rings. The summed E-state index contributed by atoms with van der Waals surface area (Å²) in [6.07, 6.45) is 0. The van der Waals surface area contributed by atoms with Crippen LogP contribution in [0.3, 0.4) is 0 Å². The van der Waals surface area contributed by atoms with Crippen molar-refractivity contribution in [3.8, 4) is 0 Å². The van der Waals surface area contributed by atoms with Crippen LogP contribution < -0.4 is 0 Å². The van der Waals surface area contributed by atoms with Gasteiger partial charge in [0.15, 0.2) is 0 Å². The highest BCUT2D eigenvalue weighted by molar-refractivity contribution is 7.10. The summed E-state index contributed by atoms with van der Waals surface area (Å²) in [5.41, 5.74) is 8.05. The van der Waals surface area contributed by atoms with Crippen LogP contribution in [-0.2, 0) is 0 Å². The molecule has 1 atom stereocenters. The molecule has 0 aromatic carbocycles. The molecule has 10 heavy (non-hydrogen) atoms. The van der Waals surface area contributed by atoms with Crippen LogP contribution in [-0.4, -0.2) is 0 Å². The fourth-order valence-corrected chi connectivity index (χ4v) is 1.63. The molecule has 0 radical (unpaired) electrons. The lowest BCUT2D eigenvalue weighted by Crippen LogP contribution is -1.80. The first kappa shape index (κ1) is 7.41. The number of nitrogens with zero attached hydrogens (tertiary/aromatic N) is 1. The average Bonchev–Trinajstić information content (AvgIpc) is 2.34. The van der Waals surface area contributed by atoms with Gasteiger partial charge in [-0.2, -0.15) is 5.11 Å². The van der Waals surface area contributed by atoms with Crippen molar-refractivity contribution < 1.29 is 0 Å². The van der Waals surface area contributed by atoms with Crippen LogP contribution in [0, 0.1) is 12.5 Å². The minimum Gasteiger partial charge on any atom is -0.209 e. The molecule has 1 aromatic heterocycles. The lowest BCUT2D eigenvalue weighted by atomic mass is 10.2. The highest BCUT2D eigenvalue weighted by Crippen LogP contribution is 2.23. The van der Waals surface area contributed by atoms with Gasteiger partial charge in [-0.1, -0.05) is 0 Å². The normalized spacial score (nSPS) is 13.0. The zero-order valence-corrected chi connectivity index (χ0v) is 6.90. The second-order valence-corrected chi connectivity index (χ2v) is 3.27.